The molecular formula is C19H25F2N3. The van der Waals surface area contributed by atoms with Gasteiger partial charge in [-0.3, -0.25) is 4.68 Å². The zero-order chi connectivity index (χ0) is 17.3. The van der Waals surface area contributed by atoms with Crippen LogP contribution in [0.4, 0.5) is 14.5 Å². The lowest BCUT2D eigenvalue weighted by molar-refractivity contribution is 0.152. The first-order valence-corrected chi connectivity index (χ1v) is 8.75. The molecule has 3 rings (SSSR count). The fraction of sp³-hybridized carbons (Fsp3) is 0.526. The predicted octanol–water partition coefficient (Wildman–Crippen LogP) is 4.97. The lowest BCUT2D eigenvalue weighted by atomic mass is 9.97. The number of halogens is 2. The van der Waals surface area contributed by atoms with Crippen molar-refractivity contribution in [1.29, 1.82) is 0 Å². The van der Waals surface area contributed by atoms with E-state index >= 15 is 0 Å². The molecule has 0 radical (unpaired) electrons. The van der Waals surface area contributed by atoms with Gasteiger partial charge in [0.25, 0.3) is 6.43 Å². The Morgan fingerprint density at radius 2 is 2.04 bits per heavy atom. The van der Waals surface area contributed by atoms with Gasteiger partial charge in [0.05, 0.1) is 6.20 Å². The smallest absolute Gasteiger partial charge is 0.264 e. The minimum Gasteiger partial charge on any atom is -0.368 e. The van der Waals surface area contributed by atoms with Crippen LogP contribution < -0.4 is 4.90 Å². The first-order valence-electron chi connectivity index (χ1n) is 8.75. The maximum atomic E-state index is 13.7. The van der Waals surface area contributed by atoms with Crippen molar-refractivity contribution in [1.82, 2.24) is 9.78 Å². The highest BCUT2D eigenvalue weighted by molar-refractivity contribution is 5.74. The number of aromatic nitrogens is 2. The largest absolute Gasteiger partial charge is 0.368 e. The van der Waals surface area contributed by atoms with Crippen LogP contribution in [0, 0.1) is 0 Å². The molecule has 130 valence electrons. The highest BCUT2D eigenvalue weighted by Crippen LogP contribution is 2.40. The number of alkyl halides is 2. The van der Waals surface area contributed by atoms with Crippen molar-refractivity contribution in [2.45, 2.75) is 52.0 Å². The Balaban J connectivity index is 2.05. The Morgan fingerprint density at radius 1 is 1.25 bits per heavy atom. The monoisotopic (exact) mass is 333 g/mol. The molecule has 0 aliphatic carbocycles. The minimum atomic E-state index is -2.49. The Bertz CT molecular complexity index is 709. The number of aryl methyl sites for hydroxylation is 1. The molecule has 24 heavy (non-hydrogen) atoms. The van der Waals surface area contributed by atoms with E-state index in [0.717, 1.165) is 43.5 Å². The molecule has 5 heteroatoms. The molecule has 1 aromatic carbocycles. The Labute approximate surface area is 142 Å². The number of anilines is 1. The van der Waals surface area contributed by atoms with Gasteiger partial charge >= 0.3 is 0 Å². The van der Waals surface area contributed by atoms with E-state index in [2.05, 4.69) is 23.8 Å². The molecule has 0 saturated carbocycles. The van der Waals surface area contributed by atoms with E-state index in [1.54, 1.807) is 30.2 Å². The summed E-state index contributed by atoms with van der Waals surface area (Å²) in [5.74, 6) is 0. The molecule has 0 N–H and O–H groups in total. The maximum Gasteiger partial charge on any atom is 0.264 e. The van der Waals surface area contributed by atoms with Crippen molar-refractivity contribution in [3.05, 3.63) is 35.7 Å². The summed E-state index contributed by atoms with van der Waals surface area (Å²) in [7, 11) is 1.80. The molecule has 1 aliphatic heterocycles. The molecule has 1 unspecified atom stereocenters. The molecule has 0 amide bonds. The van der Waals surface area contributed by atoms with Crippen molar-refractivity contribution in [3.63, 3.8) is 0 Å². The highest BCUT2D eigenvalue weighted by atomic mass is 19.3. The van der Waals surface area contributed by atoms with Gasteiger partial charge < -0.3 is 4.90 Å². The normalized spacial score (nSPS) is 15.2. The van der Waals surface area contributed by atoms with E-state index in [-0.39, 0.29) is 5.56 Å². The molecule has 1 aromatic heterocycles. The van der Waals surface area contributed by atoms with Gasteiger partial charge in [0, 0.05) is 42.6 Å². The molecule has 3 nitrogen and oxygen atoms in total. The topological polar surface area (TPSA) is 21.1 Å². The minimum absolute atomic E-state index is 0.111. The number of hydrogen-bond acceptors (Lipinski definition) is 2. The van der Waals surface area contributed by atoms with Crippen molar-refractivity contribution in [2.75, 3.05) is 11.4 Å². The van der Waals surface area contributed by atoms with Gasteiger partial charge in [-0.2, -0.15) is 5.10 Å². The van der Waals surface area contributed by atoms with Crippen LogP contribution in [0.1, 0.15) is 50.7 Å². The maximum absolute atomic E-state index is 13.7. The summed E-state index contributed by atoms with van der Waals surface area (Å²) >= 11 is 0. The quantitative estimate of drug-likeness (QED) is 0.744. The van der Waals surface area contributed by atoms with E-state index in [1.807, 2.05) is 6.07 Å². The average Bonchev–Trinajstić information content (AvgIpc) is 3.17. The third kappa shape index (κ3) is 3.04. The van der Waals surface area contributed by atoms with Crippen molar-refractivity contribution >= 4 is 5.69 Å². The van der Waals surface area contributed by atoms with E-state index in [1.165, 1.54) is 5.56 Å². The molecule has 0 spiro atoms. The van der Waals surface area contributed by atoms with Gasteiger partial charge in [0.2, 0.25) is 0 Å². The van der Waals surface area contributed by atoms with Crippen molar-refractivity contribution < 1.29 is 8.78 Å². The van der Waals surface area contributed by atoms with Gasteiger partial charge in [-0.05, 0) is 42.5 Å². The zero-order valence-electron chi connectivity index (χ0n) is 14.6. The second-order valence-electron chi connectivity index (χ2n) is 6.57. The predicted molar refractivity (Wildman–Crippen MR) is 93.6 cm³/mol. The first kappa shape index (κ1) is 16.9. The van der Waals surface area contributed by atoms with Crippen LogP contribution >= 0.6 is 0 Å². The molecule has 2 heterocycles. The van der Waals surface area contributed by atoms with E-state index in [9.17, 15) is 8.78 Å². The van der Waals surface area contributed by atoms with Crippen LogP contribution in [0.2, 0.25) is 0 Å². The SMILES string of the molecule is CCCC(CC)N1CCc2cc(-c3cnn(C)c3)c(C(F)F)cc21. The van der Waals surface area contributed by atoms with Crippen LogP contribution in [-0.2, 0) is 13.5 Å². The molecule has 0 saturated heterocycles. The van der Waals surface area contributed by atoms with E-state index in [4.69, 9.17) is 0 Å². The first-order chi connectivity index (χ1) is 11.5. The van der Waals surface area contributed by atoms with Crippen LogP contribution in [0.15, 0.2) is 24.5 Å². The third-order valence-corrected chi connectivity index (χ3v) is 4.97. The van der Waals surface area contributed by atoms with E-state index < -0.39 is 6.43 Å². The lowest BCUT2D eigenvalue weighted by Crippen LogP contribution is -2.33. The molecule has 0 fully saturated rings. The van der Waals surface area contributed by atoms with Crippen LogP contribution in [-0.4, -0.2) is 22.4 Å². The lowest BCUT2D eigenvalue weighted by Gasteiger charge is -2.30. The van der Waals surface area contributed by atoms with Crippen LogP contribution in [0.5, 0.6) is 0 Å². The number of benzene rings is 1. The average molecular weight is 333 g/mol. The fourth-order valence-electron chi connectivity index (χ4n) is 3.76. The zero-order valence-corrected chi connectivity index (χ0v) is 14.6. The van der Waals surface area contributed by atoms with Crippen molar-refractivity contribution in [3.8, 4) is 11.1 Å². The third-order valence-electron chi connectivity index (χ3n) is 4.97. The summed E-state index contributed by atoms with van der Waals surface area (Å²) in [6.45, 7) is 5.28. The number of fused-ring (bicyclic) bond motifs is 1. The number of nitrogens with zero attached hydrogens (tertiary/aromatic N) is 3. The second kappa shape index (κ2) is 6.91. The number of hydrogen-bond donors (Lipinski definition) is 0. The summed E-state index contributed by atoms with van der Waals surface area (Å²) in [6, 6.07) is 4.10. The summed E-state index contributed by atoms with van der Waals surface area (Å²) in [6.07, 6.45) is 5.15. The van der Waals surface area contributed by atoms with Gasteiger partial charge in [0.1, 0.15) is 0 Å². The Hall–Kier alpha value is -1.91. The Kier molecular flexibility index (Phi) is 4.88. The molecular weight excluding hydrogens is 308 g/mol. The molecule has 1 atom stereocenters. The summed E-state index contributed by atoms with van der Waals surface area (Å²) in [4.78, 5) is 2.33. The Morgan fingerprint density at radius 3 is 2.62 bits per heavy atom. The standard InChI is InChI=1S/C19H25F2N3/c1-4-6-15(5-2)24-8-7-13-9-16(14-11-22-23(3)12-14)17(19(20)21)10-18(13)24/h9-12,15,19H,4-8H2,1-3H3. The van der Waals surface area contributed by atoms with E-state index in [0.29, 0.717) is 11.6 Å². The van der Waals surface area contributed by atoms with Gasteiger partial charge in [0.15, 0.2) is 0 Å². The summed E-state index contributed by atoms with van der Waals surface area (Å²) in [5.41, 5.74) is 3.66. The van der Waals surface area contributed by atoms with Gasteiger partial charge in [-0.25, -0.2) is 8.78 Å². The van der Waals surface area contributed by atoms with Gasteiger partial charge in [-0.15, -0.1) is 0 Å². The summed E-state index contributed by atoms with van der Waals surface area (Å²) in [5, 5.41) is 4.13. The molecule has 1 aliphatic rings. The second-order valence-corrected chi connectivity index (χ2v) is 6.57. The summed E-state index contributed by atoms with van der Waals surface area (Å²) < 4.78 is 29.1. The van der Waals surface area contributed by atoms with Crippen LogP contribution in [0.25, 0.3) is 11.1 Å². The fourth-order valence-corrected chi connectivity index (χ4v) is 3.76. The van der Waals surface area contributed by atoms with Crippen LogP contribution in [0.3, 0.4) is 0 Å². The molecule has 2 aromatic rings. The number of rotatable bonds is 6. The van der Waals surface area contributed by atoms with Crippen molar-refractivity contribution in [2.24, 2.45) is 7.05 Å². The van der Waals surface area contributed by atoms with Gasteiger partial charge in [-0.1, -0.05) is 20.3 Å². The highest BCUT2D eigenvalue weighted by Gasteiger charge is 2.28. The molecule has 0 bridgehead atoms.